The summed E-state index contributed by atoms with van der Waals surface area (Å²) in [6.45, 7) is 5.14. The van der Waals surface area contributed by atoms with Crippen LogP contribution in [0.5, 0.6) is 0 Å². The molecule has 0 aliphatic heterocycles. The van der Waals surface area contributed by atoms with Crippen LogP contribution in [0.1, 0.15) is 30.1 Å². The minimum absolute atomic E-state index is 0.0384. The number of amides is 3. The van der Waals surface area contributed by atoms with E-state index in [4.69, 9.17) is 4.74 Å². The van der Waals surface area contributed by atoms with E-state index in [1.165, 1.54) is 34.6 Å². The lowest BCUT2D eigenvalue weighted by molar-refractivity contribution is -0.123. The molecule has 33 heavy (non-hydrogen) atoms. The summed E-state index contributed by atoms with van der Waals surface area (Å²) in [7, 11) is -3.95. The number of nitrogens with one attached hydrogen (secondary N) is 2. The highest BCUT2D eigenvalue weighted by atomic mass is 32.2. The number of carbonyl (C=O) groups excluding carboxylic acids is 3. The van der Waals surface area contributed by atoms with Gasteiger partial charge in [0.05, 0.1) is 16.1 Å². The maximum Gasteiger partial charge on any atom is 0.338 e. The number of benzene rings is 2. The average molecular weight is 474 g/mol. The van der Waals surface area contributed by atoms with Crippen molar-refractivity contribution < 1.29 is 27.5 Å². The zero-order valence-electron chi connectivity index (χ0n) is 18.3. The van der Waals surface area contributed by atoms with Crippen molar-refractivity contribution in [3.63, 3.8) is 0 Å². The van der Waals surface area contributed by atoms with E-state index >= 15 is 0 Å². The Bertz CT molecular complexity index is 1090. The molecule has 3 amide bonds. The van der Waals surface area contributed by atoms with Crippen molar-refractivity contribution in [1.82, 2.24) is 10.6 Å². The van der Waals surface area contributed by atoms with Crippen LogP contribution >= 0.6 is 0 Å². The van der Waals surface area contributed by atoms with Crippen LogP contribution in [0.2, 0.25) is 0 Å². The molecule has 0 saturated heterocycles. The molecular formula is C23H27N3O6S. The fourth-order valence-corrected chi connectivity index (χ4v) is 4.33. The molecule has 0 heterocycles. The number of hydrogen-bond acceptors (Lipinski definition) is 6. The molecule has 2 N–H and O–H groups in total. The molecule has 9 nitrogen and oxygen atoms in total. The van der Waals surface area contributed by atoms with Crippen LogP contribution in [0.25, 0.3) is 0 Å². The number of carbonyl (C=O) groups is 3. The van der Waals surface area contributed by atoms with Crippen LogP contribution in [0.3, 0.4) is 0 Å². The Hall–Kier alpha value is -3.66. The third kappa shape index (κ3) is 7.46. The number of sulfonamides is 1. The lowest BCUT2D eigenvalue weighted by Gasteiger charge is -2.24. The largest absolute Gasteiger partial charge is 0.452 e. The van der Waals surface area contributed by atoms with Crippen molar-refractivity contribution in [3.8, 4) is 0 Å². The summed E-state index contributed by atoms with van der Waals surface area (Å²) in [4.78, 5) is 35.5. The minimum atomic E-state index is -3.95. The molecule has 0 aliphatic carbocycles. The molecule has 10 heteroatoms. The highest BCUT2D eigenvalue weighted by molar-refractivity contribution is 7.92. The molecule has 2 aromatic rings. The first-order chi connectivity index (χ1) is 15.8. The molecule has 0 spiro atoms. The van der Waals surface area contributed by atoms with Crippen LogP contribution in [-0.2, 0) is 19.6 Å². The third-order valence-corrected chi connectivity index (χ3v) is 6.23. The van der Waals surface area contributed by atoms with E-state index in [9.17, 15) is 22.8 Å². The average Bonchev–Trinajstić information content (AvgIpc) is 2.82. The second-order valence-corrected chi connectivity index (χ2v) is 8.78. The van der Waals surface area contributed by atoms with E-state index in [1.807, 2.05) is 12.2 Å². The molecule has 0 fully saturated rings. The predicted molar refractivity (Wildman–Crippen MR) is 124 cm³/mol. The Morgan fingerprint density at radius 1 is 1.09 bits per heavy atom. The molecular weight excluding hydrogens is 446 g/mol. The Kier molecular flexibility index (Phi) is 9.62. The summed E-state index contributed by atoms with van der Waals surface area (Å²) in [5, 5.41) is 4.34. The molecule has 0 radical (unpaired) electrons. The van der Waals surface area contributed by atoms with Crippen LogP contribution in [-0.4, -0.2) is 46.0 Å². The molecule has 0 bridgehead atoms. The normalized spacial score (nSPS) is 10.7. The van der Waals surface area contributed by atoms with Crippen molar-refractivity contribution >= 4 is 33.6 Å². The summed E-state index contributed by atoms with van der Waals surface area (Å²) in [5.74, 6) is -1.72. The lowest BCUT2D eigenvalue weighted by Crippen LogP contribution is -2.41. The van der Waals surface area contributed by atoms with Gasteiger partial charge in [0.1, 0.15) is 0 Å². The monoisotopic (exact) mass is 473 g/mol. The first-order valence-electron chi connectivity index (χ1n) is 10.3. The van der Waals surface area contributed by atoms with Gasteiger partial charge in [0.15, 0.2) is 6.61 Å². The zero-order valence-corrected chi connectivity index (χ0v) is 19.1. The van der Waals surface area contributed by atoms with E-state index in [0.717, 1.165) is 6.42 Å². The van der Waals surface area contributed by atoms with Gasteiger partial charge >= 0.3 is 12.0 Å². The van der Waals surface area contributed by atoms with Crippen LogP contribution in [0.15, 0.2) is 72.1 Å². The fraction of sp³-hybridized carbons (Fsp3) is 0.261. The van der Waals surface area contributed by atoms with Crippen LogP contribution in [0, 0.1) is 0 Å². The van der Waals surface area contributed by atoms with Gasteiger partial charge in [-0.1, -0.05) is 43.7 Å². The summed E-state index contributed by atoms with van der Waals surface area (Å²) in [5.41, 5.74) is 0.480. The molecule has 0 saturated carbocycles. The van der Waals surface area contributed by atoms with Crippen molar-refractivity contribution in [2.24, 2.45) is 0 Å². The quantitative estimate of drug-likeness (QED) is 0.382. The van der Waals surface area contributed by atoms with E-state index < -0.39 is 34.5 Å². The van der Waals surface area contributed by atoms with E-state index in [1.54, 1.807) is 30.3 Å². The van der Waals surface area contributed by atoms with Gasteiger partial charge in [-0.15, -0.1) is 6.58 Å². The smallest absolute Gasteiger partial charge is 0.338 e. The number of imide groups is 1. The third-order valence-electron chi connectivity index (χ3n) is 4.41. The molecule has 0 aliphatic rings. The van der Waals surface area contributed by atoms with Crippen molar-refractivity contribution in [1.29, 1.82) is 0 Å². The number of rotatable bonds is 11. The number of esters is 1. The Labute approximate surface area is 193 Å². The SMILES string of the molecule is C=CCNC(=O)NC(=O)COC(=O)c1cccc(S(=O)(=O)N(CCCC)c2ccccc2)c1. The molecule has 0 aromatic heterocycles. The molecule has 0 atom stereocenters. The number of hydrogen-bond donors (Lipinski definition) is 2. The van der Waals surface area contributed by atoms with E-state index in [0.29, 0.717) is 12.1 Å². The molecule has 2 rings (SSSR count). The van der Waals surface area contributed by atoms with Crippen molar-refractivity contribution in [2.75, 3.05) is 24.0 Å². The number of nitrogens with zero attached hydrogens (tertiary/aromatic N) is 1. The molecule has 0 unspecified atom stereocenters. The maximum absolute atomic E-state index is 13.3. The lowest BCUT2D eigenvalue weighted by atomic mass is 10.2. The summed E-state index contributed by atoms with van der Waals surface area (Å²) >= 11 is 0. The van der Waals surface area contributed by atoms with Crippen molar-refractivity contribution in [2.45, 2.75) is 24.7 Å². The Balaban J connectivity index is 2.14. The van der Waals surface area contributed by atoms with Crippen molar-refractivity contribution in [3.05, 3.63) is 72.8 Å². The first-order valence-corrected chi connectivity index (χ1v) is 11.8. The summed E-state index contributed by atoms with van der Waals surface area (Å²) in [6.07, 6.45) is 2.90. The van der Waals surface area contributed by atoms with Gasteiger partial charge in [0, 0.05) is 13.1 Å². The van der Waals surface area contributed by atoms with E-state index in [2.05, 4.69) is 11.9 Å². The highest BCUT2D eigenvalue weighted by Gasteiger charge is 2.25. The maximum atomic E-state index is 13.3. The number of urea groups is 1. The van der Waals surface area contributed by atoms with Gasteiger partial charge in [-0.2, -0.15) is 0 Å². The Morgan fingerprint density at radius 2 is 1.82 bits per heavy atom. The van der Waals surface area contributed by atoms with Gasteiger partial charge < -0.3 is 10.1 Å². The van der Waals surface area contributed by atoms with Gasteiger partial charge in [0.25, 0.3) is 15.9 Å². The molecule has 176 valence electrons. The second kappa shape index (κ2) is 12.4. The van der Waals surface area contributed by atoms with Gasteiger partial charge in [-0.25, -0.2) is 18.0 Å². The second-order valence-electron chi connectivity index (χ2n) is 6.92. The van der Waals surface area contributed by atoms with Gasteiger partial charge in [0.2, 0.25) is 0 Å². The fourth-order valence-electron chi connectivity index (χ4n) is 2.78. The highest BCUT2D eigenvalue weighted by Crippen LogP contribution is 2.25. The molecule has 2 aromatic carbocycles. The van der Waals surface area contributed by atoms with Gasteiger partial charge in [-0.05, 0) is 36.8 Å². The van der Waals surface area contributed by atoms with E-state index in [-0.39, 0.29) is 23.5 Å². The van der Waals surface area contributed by atoms with Crippen LogP contribution in [0.4, 0.5) is 10.5 Å². The summed E-state index contributed by atoms with van der Waals surface area (Å²) in [6, 6.07) is 13.4. The number of ether oxygens (including phenoxy) is 1. The Morgan fingerprint density at radius 3 is 2.48 bits per heavy atom. The summed E-state index contributed by atoms with van der Waals surface area (Å²) < 4.78 is 32.9. The van der Waals surface area contributed by atoms with Crippen LogP contribution < -0.4 is 14.9 Å². The standard InChI is InChI=1S/C23H27N3O6S/c1-3-5-15-26(19-11-7-6-8-12-19)33(30,31)20-13-9-10-18(16-20)22(28)32-17-21(27)25-23(29)24-14-4-2/h4,6-13,16H,2-3,5,14-15,17H2,1H3,(H2,24,25,27,29). The number of anilines is 1. The predicted octanol–water partition coefficient (Wildman–Crippen LogP) is 2.85. The number of unbranched alkanes of at least 4 members (excludes halogenated alkanes) is 1. The minimum Gasteiger partial charge on any atom is -0.452 e. The number of para-hydroxylation sites is 1. The first kappa shape index (κ1) is 25.6. The zero-order chi connectivity index (χ0) is 24.3. The van der Waals surface area contributed by atoms with Gasteiger partial charge in [-0.3, -0.25) is 14.4 Å². The topological polar surface area (TPSA) is 122 Å².